The van der Waals surface area contributed by atoms with E-state index < -0.39 is 23.2 Å². The number of amides is 1. The number of halogens is 3. The Kier molecular flexibility index (Phi) is 4.65. The first-order valence-electron chi connectivity index (χ1n) is 5.97. The quantitative estimate of drug-likeness (QED) is 0.838. The van der Waals surface area contributed by atoms with E-state index in [1.165, 1.54) is 20.1 Å². The van der Waals surface area contributed by atoms with Crippen LogP contribution >= 0.6 is 0 Å². The van der Waals surface area contributed by atoms with E-state index in [1.807, 2.05) is 0 Å². The molecule has 1 amide bonds. The van der Waals surface area contributed by atoms with Crippen molar-refractivity contribution in [2.75, 3.05) is 18.2 Å². The van der Waals surface area contributed by atoms with Crippen LogP contribution in [-0.2, 0) is 15.7 Å². The summed E-state index contributed by atoms with van der Waals surface area (Å²) in [5.74, 6) is -0.641. The molecule has 1 aromatic rings. The number of nitrogens with one attached hydrogen (secondary N) is 1. The monoisotopic (exact) mass is 290 g/mol. The van der Waals surface area contributed by atoms with Gasteiger partial charge in [-0.25, -0.2) is 0 Å². The molecule has 1 atom stereocenters. The van der Waals surface area contributed by atoms with E-state index in [0.29, 0.717) is 6.42 Å². The van der Waals surface area contributed by atoms with E-state index in [0.717, 1.165) is 12.1 Å². The zero-order valence-corrected chi connectivity index (χ0v) is 11.5. The number of methoxy groups -OCH3 is 1. The largest absolute Gasteiger partial charge is 0.418 e. The molecule has 0 aliphatic heterocycles. The SMILES string of the molecule is CCC(C)(OC)C(=O)Nc1ccc(N)cc1C(F)(F)F. The van der Waals surface area contributed by atoms with Crippen molar-refractivity contribution in [3.8, 4) is 0 Å². The third kappa shape index (κ3) is 3.41. The fourth-order valence-corrected chi connectivity index (χ4v) is 1.56. The van der Waals surface area contributed by atoms with Gasteiger partial charge in [0.2, 0.25) is 0 Å². The molecule has 7 heteroatoms. The normalized spacial score (nSPS) is 14.7. The van der Waals surface area contributed by atoms with E-state index in [4.69, 9.17) is 10.5 Å². The van der Waals surface area contributed by atoms with E-state index in [-0.39, 0.29) is 11.4 Å². The Morgan fingerprint density at radius 3 is 2.45 bits per heavy atom. The predicted molar refractivity (Wildman–Crippen MR) is 70.2 cm³/mol. The molecule has 4 nitrogen and oxygen atoms in total. The van der Waals surface area contributed by atoms with Gasteiger partial charge in [-0.3, -0.25) is 4.79 Å². The van der Waals surface area contributed by atoms with Crippen molar-refractivity contribution >= 4 is 17.3 Å². The van der Waals surface area contributed by atoms with Crippen LogP contribution in [0.2, 0.25) is 0 Å². The number of hydrogen-bond donors (Lipinski definition) is 2. The molecule has 0 radical (unpaired) electrons. The maximum Gasteiger partial charge on any atom is 0.418 e. The lowest BCUT2D eigenvalue weighted by atomic mass is 10.0. The standard InChI is InChI=1S/C13H17F3N2O2/c1-4-12(2,20-3)11(19)18-10-6-5-8(17)7-9(10)13(14,15)16/h5-7H,4,17H2,1-3H3,(H,18,19). The second-order valence-corrected chi connectivity index (χ2v) is 4.55. The predicted octanol–water partition coefficient (Wildman–Crippen LogP) is 3.04. The van der Waals surface area contributed by atoms with Crippen molar-refractivity contribution in [1.82, 2.24) is 0 Å². The van der Waals surface area contributed by atoms with E-state index >= 15 is 0 Å². The molecule has 0 saturated heterocycles. The number of alkyl halides is 3. The minimum Gasteiger partial charge on any atom is -0.399 e. The Bertz CT molecular complexity index is 497. The number of anilines is 2. The number of rotatable bonds is 4. The first-order chi connectivity index (χ1) is 9.14. The first-order valence-corrected chi connectivity index (χ1v) is 5.97. The van der Waals surface area contributed by atoms with E-state index in [9.17, 15) is 18.0 Å². The summed E-state index contributed by atoms with van der Waals surface area (Å²) in [6.45, 7) is 3.21. The van der Waals surface area contributed by atoms with Crippen LogP contribution in [0.25, 0.3) is 0 Å². The highest BCUT2D eigenvalue weighted by Gasteiger charge is 2.36. The summed E-state index contributed by atoms with van der Waals surface area (Å²) < 4.78 is 43.8. The maximum absolute atomic E-state index is 12.9. The second kappa shape index (κ2) is 5.70. The van der Waals surface area contributed by atoms with Gasteiger partial charge in [0.25, 0.3) is 5.91 Å². The van der Waals surface area contributed by atoms with Crippen LogP contribution < -0.4 is 11.1 Å². The summed E-state index contributed by atoms with van der Waals surface area (Å²) >= 11 is 0. The zero-order chi connectivity index (χ0) is 15.6. The minimum atomic E-state index is -4.60. The molecule has 0 aliphatic rings. The summed E-state index contributed by atoms with van der Waals surface area (Å²) in [6.07, 6.45) is -4.28. The fourth-order valence-electron chi connectivity index (χ4n) is 1.56. The summed E-state index contributed by atoms with van der Waals surface area (Å²) in [7, 11) is 1.33. The van der Waals surface area contributed by atoms with Gasteiger partial charge in [-0.15, -0.1) is 0 Å². The Balaban J connectivity index is 3.13. The smallest absolute Gasteiger partial charge is 0.399 e. The molecular weight excluding hydrogens is 273 g/mol. The fraction of sp³-hybridized carbons (Fsp3) is 0.462. The lowest BCUT2D eigenvalue weighted by Gasteiger charge is -2.26. The highest BCUT2D eigenvalue weighted by atomic mass is 19.4. The van der Waals surface area contributed by atoms with Gasteiger partial charge < -0.3 is 15.8 Å². The topological polar surface area (TPSA) is 64.3 Å². The van der Waals surface area contributed by atoms with Crippen molar-refractivity contribution in [2.24, 2.45) is 0 Å². The summed E-state index contributed by atoms with van der Waals surface area (Å²) in [5, 5.41) is 2.25. The van der Waals surface area contributed by atoms with Gasteiger partial charge in [0.05, 0.1) is 11.3 Å². The van der Waals surface area contributed by atoms with Crippen LogP contribution in [0.15, 0.2) is 18.2 Å². The molecular formula is C13H17F3N2O2. The molecule has 0 fully saturated rings. The number of ether oxygens (including phenoxy) is 1. The van der Waals surface area contributed by atoms with Gasteiger partial charge in [-0.1, -0.05) is 6.92 Å². The lowest BCUT2D eigenvalue weighted by molar-refractivity contribution is -0.138. The molecule has 1 aromatic carbocycles. The van der Waals surface area contributed by atoms with Crippen molar-refractivity contribution in [3.05, 3.63) is 23.8 Å². The number of carbonyl (C=O) groups excluding carboxylic acids is 1. The van der Waals surface area contributed by atoms with Gasteiger partial charge in [-0.2, -0.15) is 13.2 Å². The third-order valence-electron chi connectivity index (χ3n) is 3.20. The molecule has 1 rings (SSSR count). The van der Waals surface area contributed by atoms with Gasteiger partial charge in [0.15, 0.2) is 0 Å². The molecule has 0 bridgehead atoms. The number of nitrogens with two attached hydrogens (primary N) is 1. The zero-order valence-electron chi connectivity index (χ0n) is 11.5. The Hall–Kier alpha value is -1.76. The van der Waals surface area contributed by atoms with Gasteiger partial charge in [0.1, 0.15) is 5.60 Å². The Morgan fingerprint density at radius 2 is 2.00 bits per heavy atom. The van der Waals surface area contributed by atoms with Crippen molar-refractivity contribution < 1.29 is 22.7 Å². The summed E-state index contributed by atoms with van der Waals surface area (Å²) in [6, 6.07) is 3.20. The molecule has 0 aromatic heterocycles. The minimum absolute atomic E-state index is 0.0275. The number of nitrogen functional groups attached to an aromatic ring is 1. The number of carbonyl (C=O) groups is 1. The molecule has 3 N–H and O–H groups in total. The molecule has 0 saturated carbocycles. The highest BCUT2D eigenvalue weighted by Crippen LogP contribution is 2.36. The second-order valence-electron chi connectivity index (χ2n) is 4.55. The molecule has 20 heavy (non-hydrogen) atoms. The molecule has 1 unspecified atom stereocenters. The summed E-state index contributed by atoms with van der Waals surface area (Å²) in [4.78, 5) is 12.0. The molecule has 0 heterocycles. The molecule has 0 spiro atoms. The van der Waals surface area contributed by atoms with Gasteiger partial charge >= 0.3 is 6.18 Å². The maximum atomic E-state index is 12.9. The van der Waals surface area contributed by atoms with Crippen LogP contribution in [0.4, 0.5) is 24.5 Å². The third-order valence-corrected chi connectivity index (χ3v) is 3.20. The lowest BCUT2D eigenvalue weighted by Crippen LogP contribution is -2.41. The van der Waals surface area contributed by atoms with Crippen LogP contribution in [0.1, 0.15) is 25.8 Å². The van der Waals surface area contributed by atoms with Gasteiger partial charge in [0, 0.05) is 12.8 Å². The Labute approximate surface area is 115 Å². The summed E-state index contributed by atoms with van der Waals surface area (Å²) in [5.41, 5.74) is 2.81. The molecule has 0 aliphatic carbocycles. The highest BCUT2D eigenvalue weighted by molar-refractivity contribution is 5.97. The van der Waals surface area contributed by atoms with Crippen LogP contribution in [-0.4, -0.2) is 18.6 Å². The van der Waals surface area contributed by atoms with Crippen LogP contribution in [0.5, 0.6) is 0 Å². The van der Waals surface area contributed by atoms with Crippen LogP contribution in [0.3, 0.4) is 0 Å². The Morgan fingerprint density at radius 1 is 1.40 bits per heavy atom. The average molecular weight is 290 g/mol. The van der Waals surface area contributed by atoms with Crippen LogP contribution in [0, 0.1) is 0 Å². The van der Waals surface area contributed by atoms with Crippen molar-refractivity contribution in [1.29, 1.82) is 0 Å². The number of hydrogen-bond acceptors (Lipinski definition) is 3. The van der Waals surface area contributed by atoms with Crippen molar-refractivity contribution in [3.63, 3.8) is 0 Å². The van der Waals surface area contributed by atoms with E-state index in [2.05, 4.69) is 5.32 Å². The number of benzene rings is 1. The van der Waals surface area contributed by atoms with E-state index in [1.54, 1.807) is 6.92 Å². The van der Waals surface area contributed by atoms with Gasteiger partial charge in [-0.05, 0) is 31.5 Å². The van der Waals surface area contributed by atoms with Crippen molar-refractivity contribution in [2.45, 2.75) is 32.0 Å². The average Bonchev–Trinajstić information content (AvgIpc) is 2.38. The molecule has 112 valence electrons. The first kappa shape index (κ1) is 16.3.